The van der Waals surface area contributed by atoms with Crippen molar-refractivity contribution in [3.8, 4) is 0 Å². The number of rotatable bonds is 5. The fourth-order valence-electron chi connectivity index (χ4n) is 0.577. The molecule has 0 saturated heterocycles. The van der Waals surface area contributed by atoms with E-state index >= 15 is 0 Å². The van der Waals surface area contributed by atoms with Gasteiger partial charge in [-0.1, -0.05) is 0 Å². The number of halogens is 1. The molecule has 1 unspecified atom stereocenters. The van der Waals surface area contributed by atoms with Crippen LogP contribution in [0.15, 0.2) is 0 Å². The maximum Gasteiger partial charge on any atom is 0.497 e. The molecule has 0 heterocycles. The molecule has 0 aliphatic carbocycles. The van der Waals surface area contributed by atoms with Crippen LogP contribution >= 0.6 is 11.6 Å². The SMILES string of the molecule is CO[Si](C)(OC)OC(C)CCl. The van der Waals surface area contributed by atoms with Gasteiger partial charge in [-0.25, -0.2) is 0 Å². The first-order valence-corrected chi connectivity index (χ1v) is 6.18. The van der Waals surface area contributed by atoms with Crippen molar-refractivity contribution in [3.05, 3.63) is 0 Å². The third-order valence-corrected chi connectivity index (χ3v) is 4.12. The molecule has 68 valence electrons. The molecule has 0 aromatic carbocycles. The van der Waals surface area contributed by atoms with E-state index in [9.17, 15) is 0 Å². The normalized spacial score (nSPS) is 15.0. The molecule has 0 rings (SSSR count). The molecule has 11 heavy (non-hydrogen) atoms. The highest BCUT2D eigenvalue weighted by atomic mass is 35.5. The highest BCUT2D eigenvalue weighted by molar-refractivity contribution is 6.59. The molecule has 3 nitrogen and oxygen atoms in total. The Labute approximate surface area is 74.0 Å². The van der Waals surface area contributed by atoms with Crippen LogP contribution in [0, 0.1) is 0 Å². The van der Waals surface area contributed by atoms with Gasteiger partial charge in [-0.15, -0.1) is 11.6 Å². The van der Waals surface area contributed by atoms with Crippen LogP contribution < -0.4 is 0 Å². The average molecular weight is 199 g/mol. The van der Waals surface area contributed by atoms with Gasteiger partial charge in [-0.2, -0.15) is 0 Å². The van der Waals surface area contributed by atoms with Crippen LogP contribution in [0.1, 0.15) is 6.92 Å². The molecule has 0 amide bonds. The lowest BCUT2D eigenvalue weighted by molar-refractivity contribution is 0.0779. The van der Waals surface area contributed by atoms with Crippen molar-refractivity contribution >= 4 is 20.4 Å². The first-order chi connectivity index (χ1) is 5.08. The molecule has 0 aliphatic heterocycles. The van der Waals surface area contributed by atoms with Crippen LogP contribution in [-0.4, -0.2) is 35.0 Å². The van der Waals surface area contributed by atoms with Gasteiger partial charge in [-0.3, -0.25) is 0 Å². The standard InChI is InChI=1S/C6H15ClO3Si/c1-6(5-7)10-11(4,8-2)9-3/h6H,5H2,1-4H3. The zero-order valence-corrected chi connectivity index (χ0v) is 9.14. The van der Waals surface area contributed by atoms with Crippen LogP contribution in [0.5, 0.6) is 0 Å². The summed E-state index contributed by atoms with van der Waals surface area (Å²) in [6.45, 7) is 3.71. The van der Waals surface area contributed by atoms with E-state index in [1.54, 1.807) is 14.2 Å². The van der Waals surface area contributed by atoms with Gasteiger partial charge in [0.1, 0.15) is 0 Å². The molecule has 0 aromatic heterocycles. The van der Waals surface area contributed by atoms with Gasteiger partial charge in [0.15, 0.2) is 0 Å². The van der Waals surface area contributed by atoms with Crippen LogP contribution in [0.4, 0.5) is 0 Å². The molecule has 0 saturated carbocycles. The van der Waals surface area contributed by atoms with Gasteiger partial charge in [-0.05, 0) is 6.92 Å². The Morgan fingerprint density at radius 3 is 2.09 bits per heavy atom. The molecule has 0 aromatic rings. The second-order valence-electron chi connectivity index (χ2n) is 2.35. The predicted octanol–water partition coefficient (Wildman–Crippen LogP) is 1.49. The lowest BCUT2D eigenvalue weighted by atomic mass is 10.5. The Bertz CT molecular complexity index is 108. The van der Waals surface area contributed by atoms with Crippen molar-refractivity contribution in [1.29, 1.82) is 0 Å². The van der Waals surface area contributed by atoms with Crippen molar-refractivity contribution < 1.29 is 13.3 Å². The molecule has 0 N–H and O–H groups in total. The fraction of sp³-hybridized carbons (Fsp3) is 1.00. The van der Waals surface area contributed by atoms with Crippen molar-refractivity contribution in [3.63, 3.8) is 0 Å². The molecule has 0 radical (unpaired) electrons. The quantitative estimate of drug-likeness (QED) is 0.495. The lowest BCUT2D eigenvalue weighted by Gasteiger charge is -2.24. The third kappa shape index (κ3) is 4.08. The largest absolute Gasteiger partial charge is 0.497 e. The molecule has 5 heteroatoms. The molecule has 0 spiro atoms. The average Bonchev–Trinajstić information content (AvgIpc) is 2.04. The zero-order chi connectivity index (χ0) is 8.91. The van der Waals surface area contributed by atoms with E-state index in [4.69, 9.17) is 24.9 Å². The maximum absolute atomic E-state index is 5.56. The number of hydrogen-bond donors (Lipinski definition) is 0. The van der Waals surface area contributed by atoms with E-state index in [0.29, 0.717) is 5.88 Å². The smallest absolute Gasteiger partial charge is 0.377 e. The molecule has 0 bridgehead atoms. The van der Waals surface area contributed by atoms with E-state index in [0.717, 1.165) is 0 Å². The summed E-state index contributed by atoms with van der Waals surface area (Å²) in [5.74, 6) is 0.454. The Morgan fingerprint density at radius 2 is 1.82 bits per heavy atom. The molecule has 0 fully saturated rings. The minimum Gasteiger partial charge on any atom is -0.377 e. The van der Waals surface area contributed by atoms with Crippen LogP contribution in [-0.2, 0) is 13.3 Å². The van der Waals surface area contributed by atoms with Crippen LogP contribution in [0.25, 0.3) is 0 Å². The molecular formula is C6H15ClO3Si. The second kappa shape index (κ2) is 5.11. The zero-order valence-electron chi connectivity index (χ0n) is 7.39. The number of hydrogen-bond acceptors (Lipinski definition) is 3. The summed E-state index contributed by atoms with van der Waals surface area (Å²) in [7, 11) is 0.794. The molecule has 0 aliphatic rings. The van der Waals surface area contributed by atoms with Crippen LogP contribution in [0.3, 0.4) is 0 Å². The monoisotopic (exact) mass is 198 g/mol. The fourth-order valence-corrected chi connectivity index (χ4v) is 1.92. The van der Waals surface area contributed by atoms with Crippen LogP contribution in [0.2, 0.25) is 6.55 Å². The highest BCUT2D eigenvalue weighted by Crippen LogP contribution is 2.10. The van der Waals surface area contributed by atoms with Gasteiger partial charge < -0.3 is 13.3 Å². The molecular weight excluding hydrogens is 184 g/mol. The summed E-state index contributed by atoms with van der Waals surface area (Å²) in [5, 5.41) is 0. The van der Waals surface area contributed by atoms with Crippen molar-refractivity contribution in [2.75, 3.05) is 20.1 Å². The van der Waals surface area contributed by atoms with E-state index in [1.165, 1.54) is 0 Å². The van der Waals surface area contributed by atoms with Gasteiger partial charge in [0.05, 0.1) is 6.10 Å². The summed E-state index contributed by atoms with van der Waals surface area (Å²) < 4.78 is 15.6. The van der Waals surface area contributed by atoms with E-state index < -0.39 is 8.80 Å². The maximum atomic E-state index is 5.56. The summed E-state index contributed by atoms with van der Waals surface area (Å²) in [4.78, 5) is 0. The summed E-state index contributed by atoms with van der Waals surface area (Å²) in [6.07, 6.45) is -0.0202. The number of alkyl halides is 1. The minimum absolute atomic E-state index is 0.0202. The molecule has 1 atom stereocenters. The Kier molecular flexibility index (Phi) is 5.29. The second-order valence-corrected chi connectivity index (χ2v) is 5.44. The van der Waals surface area contributed by atoms with Gasteiger partial charge in [0, 0.05) is 26.6 Å². The summed E-state index contributed by atoms with van der Waals surface area (Å²) in [5.41, 5.74) is 0. The lowest BCUT2D eigenvalue weighted by Crippen LogP contribution is -2.43. The first-order valence-electron chi connectivity index (χ1n) is 3.42. The van der Waals surface area contributed by atoms with E-state index in [2.05, 4.69) is 0 Å². The Balaban J connectivity index is 3.86. The third-order valence-electron chi connectivity index (χ3n) is 1.37. The van der Waals surface area contributed by atoms with Crippen molar-refractivity contribution in [1.82, 2.24) is 0 Å². The topological polar surface area (TPSA) is 27.7 Å². The van der Waals surface area contributed by atoms with Gasteiger partial charge >= 0.3 is 8.80 Å². The highest BCUT2D eigenvalue weighted by Gasteiger charge is 2.33. The summed E-state index contributed by atoms with van der Waals surface area (Å²) in [6, 6.07) is 0. The van der Waals surface area contributed by atoms with E-state index in [-0.39, 0.29) is 6.10 Å². The van der Waals surface area contributed by atoms with Gasteiger partial charge in [0.2, 0.25) is 0 Å². The van der Waals surface area contributed by atoms with Crippen molar-refractivity contribution in [2.24, 2.45) is 0 Å². The Hall–Kier alpha value is 0.387. The van der Waals surface area contributed by atoms with E-state index in [1.807, 2.05) is 13.5 Å². The Morgan fingerprint density at radius 1 is 1.36 bits per heavy atom. The predicted molar refractivity (Wildman–Crippen MR) is 46.9 cm³/mol. The van der Waals surface area contributed by atoms with Gasteiger partial charge in [0.25, 0.3) is 0 Å². The minimum atomic E-state index is -2.37. The van der Waals surface area contributed by atoms with Crippen molar-refractivity contribution in [2.45, 2.75) is 19.6 Å². The summed E-state index contributed by atoms with van der Waals surface area (Å²) >= 11 is 5.56. The first kappa shape index (κ1) is 11.4.